The van der Waals surface area contributed by atoms with Gasteiger partial charge in [-0.15, -0.1) is 0 Å². The van der Waals surface area contributed by atoms with Crippen LogP contribution in [0.2, 0.25) is 0 Å². The van der Waals surface area contributed by atoms with Crippen LogP contribution in [-0.2, 0) is 6.42 Å². The van der Waals surface area contributed by atoms with E-state index in [2.05, 4.69) is 0 Å². The van der Waals surface area contributed by atoms with Crippen LogP contribution in [0.1, 0.15) is 30.6 Å². The van der Waals surface area contributed by atoms with Crippen molar-refractivity contribution in [1.29, 1.82) is 0 Å². The Bertz CT molecular complexity index is 322. The van der Waals surface area contributed by atoms with Crippen LogP contribution in [0.15, 0.2) is 18.2 Å². The summed E-state index contributed by atoms with van der Waals surface area (Å²) in [6.07, 6.45) is 1.02. The molecule has 0 fully saturated rings. The molecule has 0 aliphatic heterocycles. The molecule has 0 radical (unpaired) electrons. The predicted octanol–water partition coefficient (Wildman–Crippen LogP) is 2.44. The Morgan fingerprint density at radius 2 is 2.23 bits per heavy atom. The molecule has 2 atom stereocenters. The highest BCUT2D eigenvalue weighted by Crippen LogP contribution is 2.33. The highest BCUT2D eigenvalue weighted by atomic mass is 19.1. The molecule has 1 nitrogen and oxygen atoms in total. The molecule has 2 heteroatoms. The van der Waals surface area contributed by atoms with Crippen LogP contribution in [0.4, 0.5) is 4.39 Å². The van der Waals surface area contributed by atoms with E-state index in [1.54, 1.807) is 6.07 Å². The molecule has 70 valence electrons. The zero-order chi connectivity index (χ0) is 9.42. The van der Waals surface area contributed by atoms with Crippen molar-refractivity contribution >= 4 is 0 Å². The number of hydrogen-bond donors (Lipinski definition) is 1. The minimum absolute atomic E-state index is 0.178. The molecule has 0 amide bonds. The van der Waals surface area contributed by atoms with Crippen molar-refractivity contribution in [3.05, 3.63) is 35.1 Å². The first kappa shape index (κ1) is 8.70. The van der Waals surface area contributed by atoms with Gasteiger partial charge in [0.25, 0.3) is 0 Å². The standard InChI is InChI=1S/C11H13FO/c1-7-5-9-8(11(13)6-7)3-2-4-10(9)12/h2-4,7,11,13H,5-6H2,1H3. The number of halogens is 1. The van der Waals surface area contributed by atoms with Crippen molar-refractivity contribution in [2.45, 2.75) is 25.9 Å². The van der Waals surface area contributed by atoms with Crippen molar-refractivity contribution in [3.8, 4) is 0 Å². The van der Waals surface area contributed by atoms with Crippen LogP contribution in [0.3, 0.4) is 0 Å². The monoisotopic (exact) mass is 180 g/mol. The molecule has 2 rings (SSSR count). The lowest BCUT2D eigenvalue weighted by Gasteiger charge is -2.26. The third-order valence-electron chi connectivity index (χ3n) is 2.69. The Morgan fingerprint density at radius 1 is 1.46 bits per heavy atom. The summed E-state index contributed by atoms with van der Waals surface area (Å²) in [6.45, 7) is 2.04. The molecular formula is C11H13FO. The summed E-state index contributed by atoms with van der Waals surface area (Å²) in [6, 6.07) is 4.94. The van der Waals surface area contributed by atoms with Gasteiger partial charge in [-0.1, -0.05) is 19.1 Å². The van der Waals surface area contributed by atoms with Crippen molar-refractivity contribution in [2.75, 3.05) is 0 Å². The number of benzene rings is 1. The first-order valence-corrected chi connectivity index (χ1v) is 4.64. The summed E-state index contributed by atoms with van der Waals surface area (Å²) < 4.78 is 13.3. The van der Waals surface area contributed by atoms with Crippen LogP contribution < -0.4 is 0 Å². The molecule has 2 unspecified atom stereocenters. The van der Waals surface area contributed by atoms with Gasteiger partial charge in [-0.2, -0.15) is 0 Å². The van der Waals surface area contributed by atoms with Crippen LogP contribution in [0, 0.1) is 11.7 Å². The fourth-order valence-corrected chi connectivity index (χ4v) is 2.04. The summed E-state index contributed by atoms with van der Waals surface area (Å²) in [5.74, 6) is 0.197. The van der Waals surface area contributed by atoms with Gasteiger partial charge < -0.3 is 5.11 Å². The highest BCUT2D eigenvalue weighted by Gasteiger charge is 2.24. The Labute approximate surface area is 77.2 Å². The average Bonchev–Trinajstić information content (AvgIpc) is 2.07. The molecule has 0 saturated carbocycles. The molecule has 1 aromatic rings. The minimum atomic E-state index is -0.477. The fraction of sp³-hybridized carbons (Fsp3) is 0.455. The van der Waals surface area contributed by atoms with Gasteiger partial charge >= 0.3 is 0 Å². The third-order valence-corrected chi connectivity index (χ3v) is 2.69. The second-order valence-electron chi connectivity index (χ2n) is 3.87. The number of aliphatic hydroxyl groups excluding tert-OH is 1. The molecule has 0 aromatic heterocycles. The van der Waals surface area contributed by atoms with Gasteiger partial charge in [-0.05, 0) is 36.0 Å². The van der Waals surface area contributed by atoms with E-state index < -0.39 is 6.10 Å². The molecule has 0 spiro atoms. The van der Waals surface area contributed by atoms with Gasteiger partial charge in [0.15, 0.2) is 0 Å². The van der Waals surface area contributed by atoms with Crippen LogP contribution in [0.5, 0.6) is 0 Å². The molecule has 0 bridgehead atoms. The van der Waals surface area contributed by atoms with E-state index in [4.69, 9.17) is 0 Å². The number of rotatable bonds is 0. The van der Waals surface area contributed by atoms with E-state index in [1.165, 1.54) is 6.07 Å². The SMILES string of the molecule is CC1Cc2c(F)cccc2C(O)C1. The average molecular weight is 180 g/mol. The molecule has 1 aliphatic rings. The molecule has 13 heavy (non-hydrogen) atoms. The summed E-state index contributed by atoms with van der Waals surface area (Å²) >= 11 is 0. The quantitative estimate of drug-likeness (QED) is 0.650. The zero-order valence-corrected chi connectivity index (χ0v) is 7.63. The summed E-state index contributed by atoms with van der Waals surface area (Å²) in [7, 11) is 0. The Morgan fingerprint density at radius 3 is 3.00 bits per heavy atom. The largest absolute Gasteiger partial charge is 0.388 e. The normalized spacial score (nSPS) is 27.0. The molecule has 0 heterocycles. The van der Waals surface area contributed by atoms with Crippen molar-refractivity contribution in [3.63, 3.8) is 0 Å². The molecule has 0 saturated heterocycles. The van der Waals surface area contributed by atoms with E-state index in [9.17, 15) is 9.50 Å². The smallest absolute Gasteiger partial charge is 0.126 e. The Kier molecular flexibility index (Phi) is 2.08. The molecule has 1 aromatic carbocycles. The molecular weight excluding hydrogens is 167 g/mol. The first-order valence-electron chi connectivity index (χ1n) is 4.64. The van der Waals surface area contributed by atoms with E-state index in [0.29, 0.717) is 11.5 Å². The van der Waals surface area contributed by atoms with Crippen molar-refractivity contribution in [1.82, 2.24) is 0 Å². The number of hydrogen-bond acceptors (Lipinski definition) is 1. The summed E-state index contributed by atoms with van der Waals surface area (Å²) in [4.78, 5) is 0. The third kappa shape index (κ3) is 1.46. The van der Waals surface area contributed by atoms with Gasteiger partial charge in [0, 0.05) is 0 Å². The maximum absolute atomic E-state index is 13.3. The Hall–Kier alpha value is -0.890. The van der Waals surface area contributed by atoms with Crippen LogP contribution in [-0.4, -0.2) is 5.11 Å². The van der Waals surface area contributed by atoms with Crippen molar-refractivity contribution < 1.29 is 9.50 Å². The first-order chi connectivity index (χ1) is 6.18. The highest BCUT2D eigenvalue weighted by molar-refractivity contribution is 5.32. The van der Waals surface area contributed by atoms with Crippen LogP contribution in [0.25, 0.3) is 0 Å². The fourth-order valence-electron chi connectivity index (χ4n) is 2.04. The van der Waals surface area contributed by atoms with Gasteiger partial charge in [-0.3, -0.25) is 0 Å². The van der Waals surface area contributed by atoms with E-state index >= 15 is 0 Å². The lowest BCUT2D eigenvalue weighted by Crippen LogP contribution is -2.17. The predicted molar refractivity (Wildman–Crippen MR) is 48.8 cm³/mol. The van der Waals surface area contributed by atoms with Gasteiger partial charge in [0.1, 0.15) is 5.82 Å². The summed E-state index contributed by atoms with van der Waals surface area (Å²) in [5.41, 5.74) is 1.48. The summed E-state index contributed by atoms with van der Waals surface area (Å²) in [5, 5.41) is 9.69. The Balaban J connectivity index is 2.49. The van der Waals surface area contributed by atoms with E-state index in [1.807, 2.05) is 13.0 Å². The number of fused-ring (bicyclic) bond motifs is 1. The van der Waals surface area contributed by atoms with Crippen LogP contribution >= 0.6 is 0 Å². The molecule has 1 N–H and O–H groups in total. The minimum Gasteiger partial charge on any atom is -0.388 e. The topological polar surface area (TPSA) is 20.2 Å². The van der Waals surface area contributed by atoms with Gasteiger partial charge in [0.05, 0.1) is 6.10 Å². The van der Waals surface area contributed by atoms with Gasteiger partial charge in [0.2, 0.25) is 0 Å². The second kappa shape index (κ2) is 3.11. The van der Waals surface area contributed by atoms with E-state index in [-0.39, 0.29) is 5.82 Å². The maximum Gasteiger partial charge on any atom is 0.126 e. The van der Waals surface area contributed by atoms with Crippen molar-refractivity contribution in [2.24, 2.45) is 5.92 Å². The lowest BCUT2D eigenvalue weighted by molar-refractivity contribution is 0.135. The second-order valence-corrected chi connectivity index (χ2v) is 3.87. The lowest BCUT2D eigenvalue weighted by atomic mass is 9.83. The number of aliphatic hydroxyl groups is 1. The molecule has 1 aliphatic carbocycles. The van der Waals surface area contributed by atoms with E-state index in [0.717, 1.165) is 18.4 Å². The maximum atomic E-state index is 13.3. The van der Waals surface area contributed by atoms with Gasteiger partial charge in [-0.25, -0.2) is 4.39 Å². The zero-order valence-electron chi connectivity index (χ0n) is 7.63.